The molecule has 0 amide bonds. The molecule has 0 unspecified atom stereocenters. The number of hydrogen-bond acceptors (Lipinski definition) is 11. The summed E-state index contributed by atoms with van der Waals surface area (Å²) in [5.41, 5.74) is -0.896. The number of para-hydroxylation sites is 1. The van der Waals surface area contributed by atoms with Crippen molar-refractivity contribution < 1.29 is 54.9 Å². The molecule has 2 heterocycles. The number of carboxylic acid groups (broad SMARTS) is 1. The number of anilines is 2. The first-order valence-corrected chi connectivity index (χ1v) is 20.5. The molecule has 20 heteroatoms. The summed E-state index contributed by atoms with van der Waals surface area (Å²) in [6.07, 6.45) is 0. The van der Waals surface area contributed by atoms with Gasteiger partial charge in [0.2, 0.25) is 0 Å². The number of carbonyl (C=O) groups excluding carboxylic acids is 1. The molecule has 2 aromatic heterocycles. The summed E-state index contributed by atoms with van der Waals surface area (Å²) in [6.45, 7) is 0. The first-order valence-electron chi connectivity index (χ1n) is 15.1. The van der Waals surface area contributed by atoms with Crippen molar-refractivity contribution in [2.75, 3.05) is 16.6 Å². The zero-order valence-corrected chi connectivity index (χ0v) is 32.2. The van der Waals surface area contributed by atoms with E-state index in [1.807, 2.05) is 0 Å². The van der Waals surface area contributed by atoms with Crippen molar-refractivity contribution in [3.63, 3.8) is 0 Å². The zero-order valence-electron chi connectivity index (χ0n) is 27.5. The molecule has 0 saturated heterocycles. The normalized spacial score (nSPS) is 11.6. The van der Waals surface area contributed by atoms with Gasteiger partial charge in [-0.25, -0.2) is 35.2 Å². The Hall–Kier alpha value is -5.24. The monoisotopic (exact) mass is 866 g/mol. The van der Waals surface area contributed by atoms with E-state index < -0.39 is 70.5 Å². The predicted molar refractivity (Wildman–Crippen MR) is 204 cm³/mol. The highest BCUT2D eigenvalue weighted by atomic mass is 35.5. The number of ether oxygens (including phenoxy) is 2. The summed E-state index contributed by atoms with van der Waals surface area (Å²) in [5, 5.41) is 20.4. The number of nitrogens with one attached hydrogen (secondary N) is 2. The van der Waals surface area contributed by atoms with Gasteiger partial charge in [-0.1, -0.05) is 41.4 Å². The van der Waals surface area contributed by atoms with Crippen LogP contribution in [0.5, 0.6) is 17.2 Å². The average Bonchev–Trinajstić information content (AvgIpc) is 3.72. The van der Waals surface area contributed by atoms with Crippen LogP contribution >= 0.6 is 45.9 Å². The number of methoxy groups -OCH3 is 1. The molecule has 284 valence electrons. The molecule has 0 saturated carbocycles. The summed E-state index contributed by atoms with van der Waals surface area (Å²) < 4.78 is 95.7. The smallest absolute Gasteiger partial charge is 0.347 e. The van der Waals surface area contributed by atoms with Crippen molar-refractivity contribution in [3.05, 3.63) is 122 Å². The molecule has 0 aliphatic carbocycles. The Morgan fingerprint density at radius 2 is 1.25 bits per heavy atom. The third-order valence-corrected chi connectivity index (χ3v) is 14.0. The highest BCUT2D eigenvalue weighted by Crippen LogP contribution is 2.43. The number of carboxylic acids is 1. The lowest BCUT2D eigenvalue weighted by Crippen LogP contribution is -2.15. The lowest BCUT2D eigenvalue weighted by Gasteiger charge is -2.12. The molecule has 4 N–H and O–H groups in total. The predicted octanol–water partition coefficient (Wildman–Crippen LogP) is 8.96. The maximum atomic E-state index is 14.4. The van der Waals surface area contributed by atoms with Gasteiger partial charge in [-0.05, 0) is 60.7 Å². The van der Waals surface area contributed by atoms with E-state index in [0.717, 1.165) is 72.0 Å². The minimum atomic E-state index is -4.47. The number of benzene rings is 4. The van der Waals surface area contributed by atoms with Crippen LogP contribution in [0.2, 0.25) is 8.67 Å². The molecule has 4 aromatic carbocycles. The van der Waals surface area contributed by atoms with Gasteiger partial charge in [-0.3, -0.25) is 9.44 Å². The first-order chi connectivity index (χ1) is 26.0. The first kappa shape index (κ1) is 39.5. The van der Waals surface area contributed by atoms with Gasteiger partial charge in [0.15, 0.2) is 0 Å². The number of esters is 1. The van der Waals surface area contributed by atoms with Crippen molar-refractivity contribution in [2.24, 2.45) is 0 Å². The Bertz CT molecular complexity index is 2740. The van der Waals surface area contributed by atoms with Gasteiger partial charge in [-0.2, -0.15) is 0 Å². The Kier molecular flexibility index (Phi) is 11.1. The molecule has 0 bridgehead atoms. The van der Waals surface area contributed by atoms with Crippen LogP contribution in [0, 0.1) is 11.6 Å². The third-order valence-electron chi connectivity index (χ3n) is 7.61. The standard InChI is InChI=1S/C35H22Cl2F2N2O10S4/c1-50-28-5-3-2-4-20(28)24-15-30(52-32(24)36)54(46,47)40-18-7-9-21(27(42)13-18)35(45)51-29-14-19(8-10-22(29)34(43)44)41-55(48,49)31-16-25(33(37)53-31)23-12-17(38)6-11-26(23)39/h2-16,40-42H,1H3,(H,43,44). The molecule has 0 fully saturated rings. The van der Waals surface area contributed by atoms with Crippen LogP contribution in [0.15, 0.2) is 99.4 Å². The lowest BCUT2D eigenvalue weighted by atomic mass is 10.1. The second-order valence-corrected chi connectivity index (χ2v) is 18.3. The largest absolute Gasteiger partial charge is 0.507 e. The van der Waals surface area contributed by atoms with Gasteiger partial charge in [-0.15, -0.1) is 22.7 Å². The molecule has 12 nitrogen and oxygen atoms in total. The summed E-state index contributed by atoms with van der Waals surface area (Å²) in [7, 11) is -7.27. The summed E-state index contributed by atoms with van der Waals surface area (Å²) >= 11 is 13.9. The van der Waals surface area contributed by atoms with Crippen molar-refractivity contribution in [1.82, 2.24) is 0 Å². The van der Waals surface area contributed by atoms with E-state index >= 15 is 0 Å². The number of halogens is 4. The number of phenols is 1. The molecule has 0 aliphatic rings. The van der Waals surface area contributed by atoms with Crippen LogP contribution in [-0.4, -0.2) is 46.1 Å². The van der Waals surface area contributed by atoms with E-state index in [1.165, 1.54) is 13.2 Å². The molecule has 0 spiro atoms. The number of aromatic hydroxyl groups is 1. The second-order valence-electron chi connectivity index (χ2n) is 11.2. The molecule has 0 aliphatic heterocycles. The number of rotatable bonds is 12. The average molecular weight is 868 g/mol. The maximum Gasteiger partial charge on any atom is 0.347 e. The second kappa shape index (κ2) is 15.5. The van der Waals surface area contributed by atoms with E-state index in [-0.39, 0.29) is 35.4 Å². The van der Waals surface area contributed by atoms with E-state index in [0.29, 0.717) is 28.2 Å². The Morgan fingerprint density at radius 1 is 0.691 bits per heavy atom. The zero-order chi connectivity index (χ0) is 39.8. The maximum absolute atomic E-state index is 14.4. The molecule has 0 radical (unpaired) electrons. The number of sulfonamides is 2. The molecular weight excluding hydrogens is 846 g/mol. The number of thiophene rings is 2. The summed E-state index contributed by atoms with van der Waals surface area (Å²) in [4.78, 5) is 25.1. The van der Waals surface area contributed by atoms with Gasteiger partial charge in [0.25, 0.3) is 20.0 Å². The van der Waals surface area contributed by atoms with Gasteiger partial charge < -0.3 is 19.7 Å². The SMILES string of the molecule is COc1ccccc1-c1cc(S(=O)(=O)Nc2ccc(C(=O)Oc3cc(NS(=O)(=O)c4cc(-c5cc(F)ccc5F)c(Cl)s4)ccc3C(=O)O)c(O)c2)sc1Cl. The lowest BCUT2D eigenvalue weighted by molar-refractivity contribution is 0.0681. The van der Waals surface area contributed by atoms with Crippen molar-refractivity contribution in [3.8, 4) is 39.5 Å². The van der Waals surface area contributed by atoms with Crippen molar-refractivity contribution >= 4 is 89.2 Å². The molecule has 55 heavy (non-hydrogen) atoms. The fourth-order valence-electron chi connectivity index (χ4n) is 5.08. The molecule has 0 atom stereocenters. The molecule has 6 aromatic rings. The van der Waals surface area contributed by atoms with Gasteiger partial charge in [0.05, 0.1) is 18.5 Å². The van der Waals surface area contributed by atoms with Crippen molar-refractivity contribution in [2.45, 2.75) is 8.42 Å². The third kappa shape index (κ3) is 8.38. The summed E-state index contributed by atoms with van der Waals surface area (Å²) in [6, 6.07) is 17.8. The quantitative estimate of drug-likeness (QED) is 0.0684. The number of hydrogen-bond donors (Lipinski definition) is 4. The Balaban J connectivity index is 1.21. The van der Waals surface area contributed by atoms with Crippen LogP contribution < -0.4 is 18.9 Å². The van der Waals surface area contributed by atoms with Crippen LogP contribution in [0.1, 0.15) is 20.7 Å². The number of aromatic carboxylic acids is 1. The van der Waals surface area contributed by atoms with Crippen LogP contribution in [0.3, 0.4) is 0 Å². The van der Waals surface area contributed by atoms with Gasteiger partial charge in [0.1, 0.15) is 57.1 Å². The molecule has 6 rings (SSSR count). The van der Waals surface area contributed by atoms with Crippen LogP contribution in [0.25, 0.3) is 22.3 Å². The molecular formula is C35H22Cl2F2N2O10S4. The van der Waals surface area contributed by atoms with Crippen LogP contribution in [0.4, 0.5) is 20.2 Å². The van der Waals surface area contributed by atoms with E-state index in [9.17, 15) is 45.4 Å². The van der Waals surface area contributed by atoms with Crippen LogP contribution in [-0.2, 0) is 20.0 Å². The Labute approximate surface area is 329 Å². The summed E-state index contributed by atoms with van der Waals surface area (Å²) in [5.74, 6) is -5.39. The number of phenolic OH excluding ortho intramolecular Hbond substituents is 1. The highest BCUT2D eigenvalue weighted by molar-refractivity contribution is 7.95. The van der Waals surface area contributed by atoms with E-state index in [1.54, 1.807) is 24.3 Å². The topological polar surface area (TPSA) is 185 Å². The van der Waals surface area contributed by atoms with Gasteiger partial charge in [0, 0.05) is 34.4 Å². The van der Waals surface area contributed by atoms with Gasteiger partial charge >= 0.3 is 11.9 Å². The fraction of sp³-hybridized carbons (Fsp3) is 0.0286. The minimum Gasteiger partial charge on any atom is -0.507 e. The highest BCUT2D eigenvalue weighted by Gasteiger charge is 2.26. The van der Waals surface area contributed by atoms with Crippen molar-refractivity contribution in [1.29, 1.82) is 0 Å². The minimum absolute atomic E-state index is 0.0901. The van der Waals surface area contributed by atoms with E-state index in [4.69, 9.17) is 32.7 Å². The number of carbonyl (C=O) groups is 2. The van der Waals surface area contributed by atoms with E-state index in [2.05, 4.69) is 9.44 Å². The fourth-order valence-corrected chi connectivity index (χ4v) is 10.7. The Morgan fingerprint density at radius 3 is 1.84 bits per heavy atom.